The van der Waals surface area contributed by atoms with Gasteiger partial charge in [0.25, 0.3) is 0 Å². The zero-order valence-electron chi connectivity index (χ0n) is 9.65. The van der Waals surface area contributed by atoms with E-state index in [0.29, 0.717) is 0 Å². The lowest BCUT2D eigenvalue weighted by molar-refractivity contribution is 0.388. The molecule has 2 aliphatic rings. The molecule has 1 saturated carbocycles. The van der Waals surface area contributed by atoms with Gasteiger partial charge in [0.15, 0.2) is 0 Å². The van der Waals surface area contributed by atoms with Crippen molar-refractivity contribution in [2.75, 3.05) is 13.1 Å². The number of hydrogen-bond acceptors (Lipinski definition) is 2. The van der Waals surface area contributed by atoms with Crippen molar-refractivity contribution in [1.29, 1.82) is 0 Å². The summed E-state index contributed by atoms with van der Waals surface area (Å²) in [4.78, 5) is 0. The standard InChI is InChI=1S/C14H20N2/c1-2-4-11(5-3-1)8-16-14-7-6-12-9-15-10-13(12)14/h1-5,12-16H,6-10H2. The molecule has 0 amide bonds. The van der Waals surface area contributed by atoms with Gasteiger partial charge in [-0.25, -0.2) is 0 Å². The molecule has 86 valence electrons. The van der Waals surface area contributed by atoms with Crippen LogP contribution in [-0.2, 0) is 6.54 Å². The van der Waals surface area contributed by atoms with E-state index >= 15 is 0 Å². The fraction of sp³-hybridized carbons (Fsp3) is 0.571. The predicted molar refractivity (Wildman–Crippen MR) is 66.2 cm³/mol. The zero-order chi connectivity index (χ0) is 10.8. The molecule has 2 fully saturated rings. The number of nitrogens with one attached hydrogen (secondary N) is 2. The molecule has 0 bridgehead atoms. The molecule has 1 heterocycles. The molecule has 0 spiro atoms. The third-order valence-electron chi connectivity index (χ3n) is 4.17. The minimum absolute atomic E-state index is 0.736. The van der Waals surface area contributed by atoms with Gasteiger partial charge in [0, 0.05) is 12.6 Å². The summed E-state index contributed by atoms with van der Waals surface area (Å²) in [6, 6.07) is 11.5. The molecular weight excluding hydrogens is 196 g/mol. The van der Waals surface area contributed by atoms with E-state index in [4.69, 9.17) is 0 Å². The van der Waals surface area contributed by atoms with E-state index in [0.717, 1.165) is 24.4 Å². The summed E-state index contributed by atoms with van der Waals surface area (Å²) in [5.41, 5.74) is 1.40. The van der Waals surface area contributed by atoms with E-state index in [1.165, 1.54) is 31.5 Å². The Kier molecular flexibility index (Phi) is 2.94. The van der Waals surface area contributed by atoms with Crippen LogP contribution in [0.3, 0.4) is 0 Å². The van der Waals surface area contributed by atoms with Gasteiger partial charge in [0.05, 0.1) is 0 Å². The molecule has 2 nitrogen and oxygen atoms in total. The molecule has 0 radical (unpaired) electrons. The van der Waals surface area contributed by atoms with E-state index in [1.807, 2.05) is 0 Å². The molecule has 1 aromatic carbocycles. The van der Waals surface area contributed by atoms with Crippen LogP contribution in [0.2, 0.25) is 0 Å². The minimum Gasteiger partial charge on any atom is -0.316 e. The summed E-state index contributed by atoms with van der Waals surface area (Å²) in [5.74, 6) is 1.82. The summed E-state index contributed by atoms with van der Waals surface area (Å²) in [7, 11) is 0. The van der Waals surface area contributed by atoms with Gasteiger partial charge in [-0.3, -0.25) is 0 Å². The van der Waals surface area contributed by atoms with E-state index in [1.54, 1.807) is 0 Å². The maximum Gasteiger partial charge on any atom is 0.0208 e. The van der Waals surface area contributed by atoms with Gasteiger partial charge in [-0.15, -0.1) is 0 Å². The Balaban J connectivity index is 1.56. The van der Waals surface area contributed by atoms with Gasteiger partial charge in [-0.2, -0.15) is 0 Å². The van der Waals surface area contributed by atoms with Gasteiger partial charge < -0.3 is 10.6 Å². The number of hydrogen-bond donors (Lipinski definition) is 2. The van der Waals surface area contributed by atoms with E-state index in [2.05, 4.69) is 41.0 Å². The van der Waals surface area contributed by atoms with Gasteiger partial charge in [0.2, 0.25) is 0 Å². The molecule has 16 heavy (non-hydrogen) atoms. The number of benzene rings is 1. The lowest BCUT2D eigenvalue weighted by atomic mass is 9.97. The molecule has 3 rings (SSSR count). The van der Waals surface area contributed by atoms with Crippen molar-refractivity contribution in [3.63, 3.8) is 0 Å². The molecule has 3 unspecified atom stereocenters. The molecule has 1 saturated heterocycles. The van der Waals surface area contributed by atoms with Gasteiger partial charge in [0.1, 0.15) is 0 Å². The average Bonchev–Trinajstić information content (AvgIpc) is 2.90. The van der Waals surface area contributed by atoms with Gasteiger partial charge >= 0.3 is 0 Å². The Morgan fingerprint density at radius 1 is 1.12 bits per heavy atom. The highest BCUT2D eigenvalue weighted by Crippen LogP contribution is 2.34. The van der Waals surface area contributed by atoms with Crippen molar-refractivity contribution in [3.05, 3.63) is 35.9 Å². The highest BCUT2D eigenvalue weighted by atomic mass is 15.0. The van der Waals surface area contributed by atoms with Crippen LogP contribution in [0.4, 0.5) is 0 Å². The average molecular weight is 216 g/mol. The van der Waals surface area contributed by atoms with E-state index < -0.39 is 0 Å². The summed E-state index contributed by atoms with van der Waals surface area (Å²) in [5, 5.41) is 7.24. The summed E-state index contributed by atoms with van der Waals surface area (Å²) in [6.45, 7) is 3.49. The van der Waals surface area contributed by atoms with Crippen LogP contribution in [0.15, 0.2) is 30.3 Å². The quantitative estimate of drug-likeness (QED) is 0.804. The van der Waals surface area contributed by atoms with Crippen molar-refractivity contribution in [3.8, 4) is 0 Å². The second kappa shape index (κ2) is 4.56. The third kappa shape index (κ3) is 2.00. The van der Waals surface area contributed by atoms with Crippen LogP contribution in [-0.4, -0.2) is 19.1 Å². The first kappa shape index (κ1) is 10.3. The van der Waals surface area contributed by atoms with Crippen LogP contribution >= 0.6 is 0 Å². The highest BCUT2D eigenvalue weighted by molar-refractivity contribution is 5.14. The van der Waals surface area contributed by atoms with Crippen molar-refractivity contribution < 1.29 is 0 Å². The minimum atomic E-state index is 0.736. The smallest absolute Gasteiger partial charge is 0.0208 e. The Morgan fingerprint density at radius 3 is 2.88 bits per heavy atom. The normalized spacial score (nSPS) is 32.9. The van der Waals surface area contributed by atoms with Crippen LogP contribution in [0.1, 0.15) is 18.4 Å². The maximum atomic E-state index is 3.73. The molecule has 0 aromatic heterocycles. The summed E-state index contributed by atoms with van der Waals surface area (Å²) < 4.78 is 0. The van der Waals surface area contributed by atoms with Crippen molar-refractivity contribution in [1.82, 2.24) is 10.6 Å². The van der Waals surface area contributed by atoms with Crippen LogP contribution in [0, 0.1) is 11.8 Å². The van der Waals surface area contributed by atoms with Crippen molar-refractivity contribution >= 4 is 0 Å². The molecule has 3 atom stereocenters. The first-order valence-corrected chi connectivity index (χ1v) is 6.41. The zero-order valence-corrected chi connectivity index (χ0v) is 9.65. The Labute approximate surface area is 97.4 Å². The first-order chi connectivity index (χ1) is 7.93. The Hall–Kier alpha value is -0.860. The molecular formula is C14H20N2. The van der Waals surface area contributed by atoms with Gasteiger partial charge in [-0.1, -0.05) is 30.3 Å². The number of rotatable bonds is 3. The molecule has 2 heteroatoms. The molecule has 1 aliphatic heterocycles. The number of fused-ring (bicyclic) bond motifs is 1. The lowest BCUT2D eigenvalue weighted by Gasteiger charge is -2.19. The first-order valence-electron chi connectivity index (χ1n) is 6.41. The SMILES string of the molecule is c1ccc(CNC2CCC3CNCC32)cc1. The summed E-state index contributed by atoms with van der Waals surface area (Å²) in [6.07, 6.45) is 2.77. The predicted octanol–water partition coefficient (Wildman–Crippen LogP) is 1.77. The van der Waals surface area contributed by atoms with Crippen LogP contribution < -0.4 is 10.6 Å². The Morgan fingerprint density at radius 2 is 2.00 bits per heavy atom. The second-order valence-electron chi connectivity index (χ2n) is 5.13. The van der Waals surface area contributed by atoms with Crippen LogP contribution in [0.5, 0.6) is 0 Å². The molecule has 1 aromatic rings. The fourth-order valence-corrected chi connectivity index (χ4v) is 3.25. The largest absolute Gasteiger partial charge is 0.316 e. The van der Waals surface area contributed by atoms with E-state index in [-0.39, 0.29) is 0 Å². The highest BCUT2D eigenvalue weighted by Gasteiger charge is 2.38. The third-order valence-corrected chi connectivity index (χ3v) is 4.17. The van der Waals surface area contributed by atoms with Crippen LogP contribution in [0.25, 0.3) is 0 Å². The fourth-order valence-electron chi connectivity index (χ4n) is 3.25. The van der Waals surface area contributed by atoms with E-state index in [9.17, 15) is 0 Å². The monoisotopic (exact) mass is 216 g/mol. The molecule has 1 aliphatic carbocycles. The molecule has 2 N–H and O–H groups in total. The Bertz CT molecular complexity index is 336. The topological polar surface area (TPSA) is 24.1 Å². The maximum absolute atomic E-state index is 3.73. The summed E-state index contributed by atoms with van der Waals surface area (Å²) >= 11 is 0. The van der Waals surface area contributed by atoms with Crippen molar-refractivity contribution in [2.24, 2.45) is 11.8 Å². The van der Waals surface area contributed by atoms with Gasteiger partial charge in [-0.05, 0) is 43.3 Å². The van der Waals surface area contributed by atoms with Crippen molar-refractivity contribution in [2.45, 2.75) is 25.4 Å². The second-order valence-corrected chi connectivity index (χ2v) is 5.13. The lowest BCUT2D eigenvalue weighted by Crippen LogP contribution is -2.34.